The van der Waals surface area contributed by atoms with Gasteiger partial charge < -0.3 is 15.2 Å². The molecule has 19 heavy (non-hydrogen) atoms. The van der Waals surface area contributed by atoms with Gasteiger partial charge in [-0.3, -0.25) is 4.79 Å². The minimum atomic E-state index is 0.0533. The fourth-order valence-electron chi connectivity index (χ4n) is 3.12. The average Bonchev–Trinajstić information content (AvgIpc) is 3.23. The normalized spacial score (nSPS) is 27.6. The maximum absolute atomic E-state index is 12.5. The summed E-state index contributed by atoms with van der Waals surface area (Å²) in [5, 5.41) is 0. The number of aromatic nitrogens is 2. The highest BCUT2D eigenvalue weighted by Crippen LogP contribution is 2.33. The quantitative estimate of drug-likeness (QED) is 0.887. The van der Waals surface area contributed by atoms with Gasteiger partial charge in [0.15, 0.2) is 5.82 Å². The minimum Gasteiger partial charge on any atom is -0.348 e. The van der Waals surface area contributed by atoms with Crippen molar-refractivity contribution in [2.24, 2.45) is 11.7 Å². The molecule has 2 fully saturated rings. The second-order valence-corrected chi connectivity index (χ2v) is 5.81. The van der Waals surface area contributed by atoms with E-state index in [-0.39, 0.29) is 11.6 Å². The lowest BCUT2D eigenvalue weighted by Crippen LogP contribution is -2.51. The van der Waals surface area contributed by atoms with Crippen LogP contribution in [0.2, 0.25) is 0 Å². The average molecular weight is 262 g/mol. The van der Waals surface area contributed by atoms with Crippen LogP contribution in [0.15, 0.2) is 17.2 Å². The predicted octanol–water partition coefficient (Wildman–Crippen LogP) is 1.14. The van der Waals surface area contributed by atoms with E-state index in [0.717, 1.165) is 25.8 Å². The lowest BCUT2D eigenvalue weighted by atomic mass is 9.91. The van der Waals surface area contributed by atoms with Gasteiger partial charge >= 0.3 is 0 Å². The molecule has 2 aliphatic rings. The first kappa shape index (κ1) is 12.7. The van der Waals surface area contributed by atoms with Crippen molar-refractivity contribution in [1.82, 2.24) is 9.55 Å². The summed E-state index contributed by atoms with van der Waals surface area (Å²) in [6.45, 7) is 3.69. The van der Waals surface area contributed by atoms with Crippen LogP contribution in [-0.2, 0) is 0 Å². The maximum Gasteiger partial charge on any atom is 0.293 e. The molecule has 5 heteroatoms. The van der Waals surface area contributed by atoms with Crippen LogP contribution >= 0.6 is 0 Å². The second kappa shape index (κ2) is 4.96. The first-order valence-electron chi connectivity index (χ1n) is 7.26. The van der Waals surface area contributed by atoms with E-state index < -0.39 is 0 Å². The molecule has 5 nitrogen and oxygen atoms in total. The van der Waals surface area contributed by atoms with Gasteiger partial charge in [-0.2, -0.15) is 0 Å². The number of rotatable bonds is 3. The van der Waals surface area contributed by atoms with Crippen molar-refractivity contribution < 1.29 is 0 Å². The third kappa shape index (κ3) is 2.27. The van der Waals surface area contributed by atoms with E-state index in [2.05, 4.69) is 16.8 Å². The molecule has 0 bridgehead atoms. The Kier molecular flexibility index (Phi) is 3.31. The van der Waals surface area contributed by atoms with Crippen molar-refractivity contribution in [1.29, 1.82) is 0 Å². The van der Waals surface area contributed by atoms with E-state index in [9.17, 15) is 4.79 Å². The standard InChI is InChI=1S/C14H22N4O/c1-10-3-2-7-18(12(10)9-15)13-14(19)17(8-6-16-13)11-4-5-11/h6,8,10-12H,2-5,7,9,15H2,1H3. The molecular weight excluding hydrogens is 240 g/mol. The van der Waals surface area contributed by atoms with Crippen LogP contribution < -0.4 is 16.2 Å². The highest BCUT2D eigenvalue weighted by molar-refractivity contribution is 5.38. The number of nitrogens with zero attached hydrogens (tertiary/aromatic N) is 3. The number of anilines is 1. The molecule has 0 spiro atoms. The third-order valence-corrected chi connectivity index (χ3v) is 4.42. The van der Waals surface area contributed by atoms with Crippen molar-refractivity contribution in [3.63, 3.8) is 0 Å². The van der Waals surface area contributed by atoms with E-state index in [1.807, 2.05) is 10.8 Å². The molecule has 1 aromatic heterocycles. The van der Waals surface area contributed by atoms with Crippen LogP contribution in [-0.4, -0.2) is 28.7 Å². The fraction of sp³-hybridized carbons (Fsp3) is 0.714. The van der Waals surface area contributed by atoms with Crippen LogP contribution in [0, 0.1) is 5.92 Å². The molecule has 2 heterocycles. The molecule has 104 valence electrons. The molecule has 1 aliphatic carbocycles. The third-order valence-electron chi connectivity index (χ3n) is 4.42. The van der Waals surface area contributed by atoms with Gasteiger partial charge in [0.1, 0.15) is 0 Å². The summed E-state index contributed by atoms with van der Waals surface area (Å²) in [4.78, 5) is 19.0. The fourth-order valence-corrected chi connectivity index (χ4v) is 3.12. The Balaban J connectivity index is 1.96. The number of piperidine rings is 1. The molecule has 1 saturated carbocycles. The molecule has 2 N–H and O–H groups in total. The highest BCUT2D eigenvalue weighted by Gasteiger charge is 2.32. The van der Waals surface area contributed by atoms with Gasteiger partial charge in [0.25, 0.3) is 5.56 Å². The van der Waals surface area contributed by atoms with Crippen molar-refractivity contribution >= 4 is 5.82 Å². The van der Waals surface area contributed by atoms with E-state index in [1.54, 1.807) is 6.20 Å². The molecule has 0 amide bonds. The Morgan fingerprint density at radius 2 is 2.21 bits per heavy atom. The largest absolute Gasteiger partial charge is 0.348 e. The topological polar surface area (TPSA) is 64.2 Å². The smallest absolute Gasteiger partial charge is 0.293 e. The van der Waals surface area contributed by atoms with Crippen LogP contribution in [0.3, 0.4) is 0 Å². The second-order valence-electron chi connectivity index (χ2n) is 5.81. The molecule has 3 rings (SSSR count). The van der Waals surface area contributed by atoms with Crippen LogP contribution in [0.5, 0.6) is 0 Å². The molecule has 2 atom stereocenters. The summed E-state index contributed by atoms with van der Waals surface area (Å²) in [6, 6.07) is 0.636. The number of hydrogen-bond acceptors (Lipinski definition) is 4. The summed E-state index contributed by atoms with van der Waals surface area (Å²) in [5.41, 5.74) is 5.96. The van der Waals surface area contributed by atoms with E-state index in [1.165, 1.54) is 6.42 Å². The molecular formula is C14H22N4O. The van der Waals surface area contributed by atoms with Gasteiger partial charge in [-0.05, 0) is 31.6 Å². The van der Waals surface area contributed by atoms with Gasteiger partial charge in [0.2, 0.25) is 0 Å². The lowest BCUT2D eigenvalue weighted by molar-refractivity contribution is 0.346. The van der Waals surface area contributed by atoms with Gasteiger partial charge in [-0.25, -0.2) is 4.98 Å². The summed E-state index contributed by atoms with van der Waals surface area (Å²) >= 11 is 0. The first-order valence-corrected chi connectivity index (χ1v) is 7.26. The van der Waals surface area contributed by atoms with Crippen molar-refractivity contribution in [3.05, 3.63) is 22.7 Å². The Bertz CT molecular complexity index is 508. The summed E-state index contributed by atoms with van der Waals surface area (Å²) in [6.07, 6.45) is 8.08. The van der Waals surface area contributed by atoms with E-state index in [4.69, 9.17) is 5.73 Å². The van der Waals surface area contributed by atoms with Gasteiger partial charge in [0, 0.05) is 37.6 Å². The molecule has 1 aliphatic heterocycles. The monoisotopic (exact) mass is 262 g/mol. The predicted molar refractivity (Wildman–Crippen MR) is 75.4 cm³/mol. The van der Waals surface area contributed by atoms with Crippen molar-refractivity contribution in [2.75, 3.05) is 18.0 Å². The molecule has 2 unspecified atom stereocenters. The van der Waals surface area contributed by atoms with E-state index in [0.29, 0.717) is 24.3 Å². The van der Waals surface area contributed by atoms with Crippen molar-refractivity contribution in [3.8, 4) is 0 Å². The maximum atomic E-state index is 12.5. The molecule has 1 saturated heterocycles. The van der Waals surface area contributed by atoms with E-state index >= 15 is 0 Å². The highest BCUT2D eigenvalue weighted by atomic mass is 16.1. The lowest BCUT2D eigenvalue weighted by Gasteiger charge is -2.39. The zero-order valence-corrected chi connectivity index (χ0v) is 11.5. The number of hydrogen-bond donors (Lipinski definition) is 1. The molecule has 0 aromatic carbocycles. The Morgan fingerprint density at radius 1 is 1.42 bits per heavy atom. The molecule has 1 aromatic rings. The summed E-state index contributed by atoms with van der Waals surface area (Å²) in [5.74, 6) is 1.12. The van der Waals surface area contributed by atoms with Crippen LogP contribution in [0.1, 0.15) is 38.6 Å². The first-order chi connectivity index (χ1) is 9.22. The Hall–Kier alpha value is -1.36. The van der Waals surface area contributed by atoms with Crippen LogP contribution in [0.4, 0.5) is 5.82 Å². The minimum absolute atomic E-state index is 0.0533. The van der Waals surface area contributed by atoms with Gasteiger partial charge in [-0.1, -0.05) is 6.92 Å². The summed E-state index contributed by atoms with van der Waals surface area (Å²) in [7, 11) is 0. The summed E-state index contributed by atoms with van der Waals surface area (Å²) < 4.78 is 1.84. The zero-order valence-electron chi connectivity index (χ0n) is 11.5. The number of nitrogens with two attached hydrogens (primary N) is 1. The van der Waals surface area contributed by atoms with Gasteiger partial charge in [-0.15, -0.1) is 0 Å². The Labute approximate surface area is 113 Å². The zero-order chi connectivity index (χ0) is 13.4. The SMILES string of the molecule is CC1CCCN(c2nccn(C3CC3)c2=O)C1CN. The van der Waals surface area contributed by atoms with Gasteiger partial charge in [0.05, 0.1) is 0 Å². The Morgan fingerprint density at radius 3 is 2.89 bits per heavy atom. The van der Waals surface area contributed by atoms with Crippen LogP contribution in [0.25, 0.3) is 0 Å². The molecule has 0 radical (unpaired) electrons. The van der Waals surface area contributed by atoms with Crippen molar-refractivity contribution in [2.45, 2.75) is 44.7 Å².